The molecule has 0 heterocycles. The summed E-state index contributed by atoms with van der Waals surface area (Å²) in [6.45, 7) is 2.34. The van der Waals surface area contributed by atoms with Crippen LogP contribution in [0.15, 0.2) is 48.5 Å². The van der Waals surface area contributed by atoms with E-state index in [1.165, 1.54) is 10.6 Å². The molecule has 0 unspecified atom stereocenters. The van der Waals surface area contributed by atoms with Crippen molar-refractivity contribution >= 4 is 27.3 Å². The van der Waals surface area contributed by atoms with E-state index in [-0.39, 0.29) is 25.4 Å². The summed E-state index contributed by atoms with van der Waals surface area (Å²) in [6.07, 6.45) is 1.26. The number of benzene rings is 2. The summed E-state index contributed by atoms with van der Waals surface area (Å²) in [7, 11) is 0.477. The second-order valence-corrected chi connectivity index (χ2v) is 8.74. The summed E-state index contributed by atoms with van der Waals surface area (Å²) in [5, 5.41) is 2.81. The molecule has 0 fully saturated rings. The van der Waals surface area contributed by atoms with Crippen molar-refractivity contribution in [2.75, 3.05) is 37.1 Å². The molecule has 1 N–H and O–H groups in total. The van der Waals surface area contributed by atoms with Gasteiger partial charge in [-0.2, -0.15) is 4.31 Å². The van der Waals surface area contributed by atoms with Gasteiger partial charge in [0.1, 0.15) is 0 Å². The van der Waals surface area contributed by atoms with Gasteiger partial charge in [-0.25, -0.2) is 8.42 Å². The van der Waals surface area contributed by atoms with Gasteiger partial charge < -0.3 is 10.2 Å². The Morgan fingerprint density at radius 2 is 1.67 bits per heavy atom. The van der Waals surface area contributed by atoms with Gasteiger partial charge in [-0.15, -0.1) is 0 Å². The lowest BCUT2D eigenvalue weighted by molar-refractivity contribution is -0.116. The average molecular weight is 390 g/mol. The fraction of sp³-hybridized carbons (Fsp3) is 0.350. The van der Waals surface area contributed by atoms with E-state index < -0.39 is 10.0 Å². The molecule has 7 heteroatoms. The van der Waals surface area contributed by atoms with Gasteiger partial charge in [-0.05, 0) is 42.3 Å². The quantitative estimate of drug-likeness (QED) is 0.754. The van der Waals surface area contributed by atoms with Crippen molar-refractivity contribution in [3.63, 3.8) is 0 Å². The van der Waals surface area contributed by atoms with Gasteiger partial charge in [0.05, 0.1) is 6.26 Å². The van der Waals surface area contributed by atoms with Gasteiger partial charge in [-0.3, -0.25) is 4.79 Å². The minimum atomic E-state index is -3.42. The summed E-state index contributed by atoms with van der Waals surface area (Å²) in [5.74, 6) is -0.217. The molecule has 2 rings (SSSR count). The van der Waals surface area contributed by atoms with Gasteiger partial charge in [-0.1, -0.05) is 24.3 Å². The number of nitrogens with zero attached hydrogens (tertiary/aromatic N) is 2. The Kier molecular flexibility index (Phi) is 6.98. The number of carbonyl (C=O) groups excluding carboxylic acids is 1. The molecular weight excluding hydrogens is 362 g/mol. The van der Waals surface area contributed by atoms with Gasteiger partial charge in [0.2, 0.25) is 15.9 Å². The smallest absolute Gasteiger partial charge is 0.225 e. The molecule has 2 aromatic carbocycles. The van der Waals surface area contributed by atoms with Gasteiger partial charge in [0.15, 0.2) is 0 Å². The highest BCUT2D eigenvalue weighted by Crippen LogP contribution is 2.17. The molecule has 0 aliphatic heterocycles. The van der Waals surface area contributed by atoms with E-state index in [1.807, 2.05) is 74.4 Å². The van der Waals surface area contributed by atoms with E-state index in [1.54, 1.807) is 0 Å². The molecular formula is C20H27N3O3S. The topological polar surface area (TPSA) is 69.7 Å². The van der Waals surface area contributed by atoms with Crippen LogP contribution in [0.1, 0.15) is 17.5 Å². The average Bonchev–Trinajstić information content (AvgIpc) is 2.59. The van der Waals surface area contributed by atoms with Crippen LogP contribution in [0.4, 0.5) is 11.4 Å². The summed E-state index contributed by atoms with van der Waals surface area (Å²) < 4.78 is 25.6. The third kappa shape index (κ3) is 6.37. The predicted octanol–water partition coefficient (Wildman–Crippen LogP) is 2.85. The summed E-state index contributed by atoms with van der Waals surface area (Å²) in [4.78, 5) is 14.2. The maximum absolute atomic E-state index is 12.2. The monoisotopic (exact) mass is 389 g/mol. The zero-order valence-corrected chi connectivity index (χ0v) is 17.1. The third-order valence-corrected chi connectivity index (χ3v) is 5.58. The molecule has 0 aromatic heterocycles. The second-order valence-electron chi connectivity index (χ2n) is 6.76. The molecule has 0 radical (unpaired) electrons. The maximum atomic E-state index is 12.2. The van der Waals surface area contributed by atoms with E-state index in [4.69, 9.17) is 0 Å². The van der Waals surface area contributed by atoms with Crippen molar-refractivity contribution in [2.24, 2.45) is 0 Å². The highest BCUT2D eigenvalue weighted by molar-refractivity contribution is 7.88. The van der Waals surface area contributed by atoms with Crippen LogP contribution in [0.3, 0.4) is 0 Å². The lowest BCUT2D eigenvalue weighted by atomic mass is 10.1. The van der Waals surface area contributed by atoms with Gasteiger partial charge in [0.25, 0.3) is 0 Å². The van der Waals surface area contributed by atoms with Crippen LogP contribution in [-0.4, -0.2) is 45.5 Å². The van der Waals surface area contributed by atoms with E-state index in [9.17, 15) is 13.2 Å². The second kappa shape index (κ2) is 9.01. The number of anilines is 2. The Hall–Kier alpha value is -2.38. The number of aryl methyl sites for hydroxylation is 1. The number of sulfonamides is 1. The van der Waals surface area contributed by atoms with E-state index in [2.05, 4.69) is 5.32 Å². The van der Waals surface area contributed by atoms with Crippen LogP contribution in [0.25, 0.3) is 0 Å². The largest absolute Gasteiger partial charge is 0.378 e. The van der Waals surface area contributed by atoms with Crippen LogP contribution >= 0.6 is 0 Å². The molecule has 0 atom stereocenters. The lowest BCUT2D eigenvalue weighted by Crippen LogP contribution is -2.32. The van der Waals surface area contributed by atoms with Crippen molar-refractivity contribution in [3.8, 4) is 0 Å². The number of hydrogen-bond donors (Lipinski definition) is 1. The van der Waals surface area contributed by atoms with Crippen LogP contribution in [0, 0.1) is 6.92 Å². The standard InChI is InChI=1S/C20H27N3O3S/c1-16-7-5-6-8-17(16)15-23(27(4,25)26)14-13-20(24)21-18-9-11-19(12-10-18)22(2)3/h5-12H,13-15H2,1-4H3,(H,21,24). The van der Waals surface area contributed by atoms with Gasteiger partial charge >= 0.3 is 0 Å². The van der Waals surface area contributed by atoms with Crippen molar-refractivity contribution in [2.45, 2.75) is 19.9 Å². The normalized spacial score (nSPS) is 11.4. The van der Waals surface area contributed by atoms with Crippen molar-refractivity contribution < 1.29 is 13.2 Å². The molecule has 0 saturated carbocycles. The Balaban J connectivity index is 1.98. The molecule has 1 amide bonds. The first-order valence-electron chi connectivity index (χ1n) is 8.73. The molecule has 6 nitrogen and oxygen atoms in total. The minimum absolute atomic E-state index is 0.0916. The number of amides is 1. The Morgan fingerprint density at radius 3 is 2.22 bits per heavy atom. The zero-order valence-electron chi connectivity index (χ0n) is 16.3. The highest BCUT2D eigenvalue weighted by Gasteiger charge is 2.19. The summed E-state index contributed by atoms with van der Waals surface area (Å²) in [6, 6.07) is 15.1. The number of rotatable bonds is 8. The molecule has 146 valence electrons. The number of carbonyl (C=O) groups is 1. The molecule has 0 bridgehead atoms. The first-order chi connectivity index (χ1) is 12.7. The Morgan fingerprint density at radius 1 is 1.04 bits per heavy atom. The highest BCUT2D eigenvalue weighted by atomic mass is 32.2. The SMILES string of the molecule is Cc1ccccc1CN(CCC(=O)Nc1ccc(N(C)C)cc1)S(C)(=O)=O. The van der Waals surface area contributed by atoms with Crippen LogP contribution in [0.2, 0.25) is 0 Å². The fourth-order valence-corrected chi connectivity index (χ4v) is 3.43. The fourth-order valence-electron chi connectivity index (χ4n) is 2.63. The molecule has 2 aromatic rings. The number of nitrogens with one attached hydrogen (secondary N) is 1. The van der Waals surface area contributed by atoms with Crippen molar-refractivity contribution in [3.05, 3.63) is 59.7 Å². The number of hydrogen-bond acceptors (Lipinski definition) is 4. The van der Waals surface area contributed by atoms with E-state index in [0.29, 0.717) is 5.69 Å². The van der Waals surface area contributed by atoms with Gasteiger partial charge in [0, 0.05) is 45.0 Å². The molecule has 0 spiro atoms. The molecule has 0 aliphatic carbocycles. The summed E-state index contributed by atoms with van der Waals surface area (Å²) >= 11 is 0. The predicted molar refractivity (Wildman–Crippen MR) is 110 cm³/mol. The molecule has 0 aliphatic rings. The molecule has 0 saturated heterocycles. The van der Waals surface area contributed by atoms with Crippen molar-refractivity contribution in [1.29, 1.82) is 0 Å². The van der Waals surface area contributed by atoms with E-state index in [0.717, 1.165) is 16.8 Å². The van der Waals surface area contributed by atoms with Crippen LogP contribution in [-0.2, 0) is 21.4 Å². The first kappa shape index (κ1) is 20.9. The van der Waals surface area contributed by atoms with Crippen LogP contribution < -0.4 is 10.2 Å². The Bertz CT molecular complexity index is 878. The van der Waals surface area contributed by atoms with E-state index >= 15 is 0 Å². The first-order valence-corrected chi connectivity index (χ1v) is 10.6. The minimum Gasteiger partial charge on any atom is -0.378 e. The van der Waals surface area contributed by atoms with Crippen molar-refractivity contribution in [1.82, 2.24) is 4.31 Å². The maximum Gasteiger partial charge on any atom is 0.225 e. The zero-order chi connectivity index (χ0) is 20.0. The lowest BCUT2D eigenvalue weighted by Gasteiger charge is -2.21. The summed E-state index contributed by atoms with van der Waals surface area (Å²) in [5.41, 5.74) is 3.68. The molecule has 27 heavy (non-hydrogen) atoms. The van der Waals surface area contributed by atoms with Crippen LogP contribution in [0.5, 0.6) is 0 Å². The third-order valence-electron chi connectivity index (χ3n) is 4.33. The Labute approximate surface area is 161 Å².